The van der Waals surface area contributed by atoms with Crippen molar-refractivity contribution < 1.29 is 16.8 Å². The maximum Gasteiger partial charge on any atom is 0.142 e. The van der Waals surface area contributed by atoms with E-state index in [0.29, 0.717) is 19.3 Å². The van der Waals surface area contributed by atoms with Crippen LogP contribution in [0.3, 0.4) is 0 Å². The van der Waals surface area contributed by atoms with Crippen molar-refractivity contribution >= 4 is 21.4 Å². The number of hydrogen-bond acceptors (Lipinski definition) is 4. The fourth-order valence-electron chi connectivity index (χ4n) is 1.26. The molecule has 14 heavy (non-hydrogen) atoms. The highest BCUT2D eigenvalue weighted by Crippen LogP contribution is 2.09. The monoisotopic (exact) mass is 242 g/mol. The minimum absolute atomic E-state index is 0.218. The van der Waals surface area contributed by atoms with Gasteiger partial charge in [0.15, 0.2) is 0 Å². The van der Waals surface area contributed by atoms with Gasteiger partial charge < -0.3 is 0 Å². The zero-order valence-corrected chi connectivity index (χ0v) is 10.1. The van der Waals surface area contributed by atoms with E-state index in [0.717, 1.165) is 12.8 Å². The largest absolute Gasteiger partial charge is 0.232 e. The van der Waals surface area contributed by atoms with Crippen LogP contribution in [-0.4, -0.2) is 27.8 Å². The molecule has 4 nitrogen and oxygen atoms in total. The van der Waals surface area contributed by atoms with Crippen molar-refractivity contribution in [1.82, 2.24) is 0 Å². The molecule has 1 atom stereocenters. The van der Waals surface area contributed by atoms with Gasteiger partial charge in [0.1, 0.15) is 21.4 Å². The van der Waals surface area contributed by atoms with Gasteiger partial charge in [-0.25, -0.2) is 16.8 Å². The van der Waals surface area contributed by atoms with E-state index < -0.39 is 21.4 Å². The Hall–Kier alpha value is -0.100. The Morgan fingerprint density at radius 3 is 2.07 bits per heavy atom. The van der Waals surface area contributed by atoms with Gasteiger partial charge in [-0.15, -0.1) is 0 Å². The lowest BCUT2D eigenvalue weighted by Crippen LogP contribution is -2.07. The summed E-state index contributed by atoms with van der Waals surface area (Å²) in [7, 11) is -4.58. The predicted octanol–water partition coefficient (Wildman–Crippen LogP) is 0.548. The van der Waals surface area contributed by atoms with Crippen LogP contribution in [0.15, 0.2) is 0 Å². The lowest BCUT2D eigenvalue weighted by molar-refractivity contribution is 0.567. The zero-order valence-electron chi connectivity index (χ0n) is 8.35. The molecular formula is C8H18O4S2. The Morgan fingerprint density at radius 1 is 1.00 bits per heavy atom. The highest BCUT2D eigenvalue weighted by atomic mass is 32.2. The maximum atomic E-state index is 10.6. The van der Waals surface area contributed by atoms with E-state index in [1.807, 2.05) is 6.92 Å². The van der Waals surface area contributed by atoms with Gasteiger partial charge >= 0.3 is 0 Å². The molecule has 0 bridgehead atoms. The third-order valence-electron chi connectivity index (χ3n) is 2.15. The Bertz CT molecular complexity index is 265. The molecule has 0 aromatic carbocycles. The first-order valence-electron chi connectivity index (χ1n) is 4.83. The van der Waals surface area contributed by atoms with Gasteiger partial charge in [-0.3, -0.25) is 0 Å². The molecular weight excluding hydrogens is 224 g/mol. The summed E-state index contributed by atoms with van der Waals surface area (Å²) in [6.07, 6.45) is 3.54. The summed E-state index contributed by atoms with van der Waals surface area (Å²) in [5.74, 6) is 0.218. The van der Waals surface area contributed by atoms with Crippen LogP contribution in [-0.2, 0) is 21.4 Å². The summed E-state index contributed by atoms with van der Waals surface area (Å²) in [6.45, 7) is 1.85. The lowest BCUT2D eigenvalue weighted by atomic mass is 10.1. The van der Waals surface area contributed by atoms with Crippen LogP contribution < -0.4 is 0 Å². The van der Waals surface area contributed by atoms with Crippen molar-refractivity contribution in [1.29, 1.82) is 0 Å². The molecule has 6 heteroatoms. The van der Waals surface area contributed by atoms with E-state index in [-0.39, 0.29) is 11.0 Å². The van der Waals surface area contributed by atoms with Crippen LogP contribution in [0, 0.1) is 0 Å². The van der Waals surface area contributed by atoms with Gasteiger partial charge in [0.25, 0.3) is 0 Å². The summed E-state index contributed by atoms with van der Waals surface area (Å²) in [5, 5.41) is -0.231. The molecule has 1 unspecified atom stereocenters. The summed E-state index contributed by atoms with van der Waals surface area (Å²) in [6, 6.07) is 0. The topological polar surface area (TPSA) is 68.3 Å². The fourth-order valence-corrected chi connectivity index (χ4v) is 2.43. The van der Waals surface area contributed by atoms with Crippen molar-refractivity contribution in [2.45, 2.75) is 44.3 Å². The van der Waals surface area contributed by atoms with Crippen LogP contribution in [0.4, 0.5) is 0 Å². The number of hydrogen-bond donors (Lipinski definition) is 2. The molecule has 0 radical (unpaired) electrons. The van der Waals surface area contributed by atoms with E-state index in [4.69, 9.17) is 0 Å². The van der Waals surface area contributed by atoms with E-state index in [9.17, 15) is 16.8 Å². The van der Waals surface area contributed by atoms with E-state index in [1.165, 1.54) is 0 Å². The van der Waals surface area contributed by atoms with Crippen LogP contribution in [0.1, 0.15) is 39.0 Å². The first-order valence-corrected chi connectivity index (χ1v) is 7.44. The fraction of sp³-hybridized carbons (Fsp3) is 1.00. The molecule has 0 aliphatic heterocycles. The molecule has 0 aromatic rings. The second kappa shape index (κ2) is 8.23. The standard InChI is InChI=1S/C8H18O4S2/c1-2-8(14(11)12)6-4-3-5-7-13(9)10/h8,13-14H,2-7H2,1H3. The zero-order chi connectivity index (χ0) is 11.0. The van der Waals surface area contributed by atoms with Crippen molar-refractivity contribution in [3.8, 4) is 0 Å². The van der Waals surface area contributed by atoms with Crippen molar-refractivity contribution in [2.24, 2.45) is 0 Å². The molecule has 0 aliphatic rings. The summed E-state index contributed by atoms with van der Waals surface area (Å²) >= 11 is 0. The first kappa shape index (κ1) is 13.9. The van der Waals surface area contributed by atoms with Gasteiger partial charge in [0.05, 0.1) is 5.25 Å². The number of thiol groups is 2. The first-order chi connectivity index (χ1) is 6.57. The maximum absolute atomic E-state index is 10.6. The SMILES string of the molecule is CCC(CCCCC[SH](=O)=O)[SH](=O)=O. The summed E-state index contributed by atoms with van der Waals surface area (Å²) < 4.78 is 41.7. The average Bonchev–Trinajstić information content (AvgIpc) is 2.10. The van der Waals surface area contributed by atoms with E-state index in [2.05, 4.69) is 0 Å². The third kappa shape index (κ3) is 7.32. The van der Waals surface area contributed by atoms with Gasteiger partial charge in [0.2, 0.25) is 0 Å². The summed E-state index contributed by atoms with van der Waals surface area (Å²) in [4.78, 5) is 0. The van der Waals surface area contributed by atoms with Gasteiger partial charge in [-0.1, -0.05) is 19.8 Å². The highest BCUT2D eigenvalue weighted by molar-refractivity contribution is 7.73. The molecule has 0 fully saturated rings. The second-order valence-corrected chi connectivity index (χ2v) is 5.67. The van der Waals surface area contributed by atoms with Crippen molar-refractivity contribution in [2.75, 3.05) is 5.75 Å². The minimum Gasteiger partial charge on any atom is -0.232 e. The molecule has 0 spiro atoms. The minimum atomic E-state index is -2.32. The average molecular weight is 242 g/mol. The molecule has 0 saturated carbocycles. The molecule has 86 valence electrons. The molecule has 0 rings (SSSR count). The molecule has 0 aromatic heterocycles. The number of unbranched alkanes of at least 4 members (excludes halogenated alkanes) is 2. The Kier molecular flexibility index (Phi) is 8.17. The second-order valence-electron chi connectivity index (χ2n) is 3.25. The Morgan fingerprint density at radius 2 is 1.64 bits per heavy atom. The van der Waals surface area contributed by atoms with E-state index >= 15 is 0 Å². The van der Waals surface area contributed by atoms with Crippen LogP contribution in [0.5, 0.6) is 0 Å². The smallest absolute Gasteiger partial charge is 0.142 e. The lowest BCUT2D eigenvalue weighted by Gasteiger charge is -2.05. The predicted molar refractivity (Wildman–Crippen MR) is 58.0 cm³/mol. The molecule has 0 saturated heterocycles. The molecule has 0 amide bonds. The van der Waals surface area contributed by atoms with Gasteiger partial charge in [-0.05, 0) is 19.3 Å². The molecule has 0 heterocycles. The van der Waals surface area contributed by atoms with E-state index in [1.54, 1.807) is 0 Å². The van der Waals surface area contributed by atoms with Crippen LogP contribution >= 0.6 is 0 Å². The quantitative estimate of drug-likeness (QED) is 0.482. The molecule has 0 N–H and O–H groups in total. The summed E-state index contributed by atoms with van der Waals surface area (Å²) in [5.41, 5.74) is 0. The Labute approximate surface area is 88.6 Å². The normalized spacial score (nSPS) is 13.6. The third-order valence-corrected chi connectivity index (χ3v) is 4.05. The van der Waals surface area contributed by atoms with Crippen molar-refractivity contribution in [3.63, 3.8) is 0 Å². The molecule has 0 aliphatic carbocycles. The Balaban J connectivity index is 3.52. The van der Waals surface area contributed by atoms with Gasteiger partial charge in [-0.2, -0.15) is 0 Å². The van der Waals surface area contributed by atoms with Gasteiger partial charge in [0, 0.05) is 5.75 Å². The van der Waals surface area contributed by atoms with Crippen molar-refractivity contribution in [3.05, 3.63) is 0 Å². The number of rotatable bonds is 8. The highest BCUT2D eigenvalue weighted by Gasteiger charge is 2.07. The van der Waals surface area contributed by atoms with Crippen LogP contribution in [0.2, 0.25) is 0 Å². The van der Waals surface area contributed by atoms with Crippen LogP contribution in [0.25, 0.3) is 0 Å².